The van der Waals surface area contributed by atoms with Crippen molar-refractivity contribution >= 4 is 64.9 Å². The molecular formula is C59H97N7O22. The maximum absolute atomic E-state index is 12.9. The van der Waals surface area contributed by atoms with E-state index in [4.69, 9.17) is 48.1 Å². The third-order valence-corrected chi connectivity index (χ3v) is 11.6. The molecule has 500 valence electrons. The second-order valence-electron chi connectivity index (χ2n) is 19.3. The molecular weight excluding hydrogens is 1160 g/mol. The molecule has 29 heteroatoms. The molecule has 29 nitrogen and oxygen atoms in total. The summed E-state index contributed by atoms with van der Waals surface area (Å²) in [6, 6.07) is 5.00. The summed E-state index contributed by atoms with van der Waals surface area (Å²) >= 11 is 0. The molecule has 1 aromatic carbocycles. The number of carbonyl (C=O) groups is 10. The van der Waals surface area contributed by atoms with Gasteiger partial charge in [0, 0.05) is 75.4 Å². The van der Waals surface area contributed by atoms with Crippen molar-refractivity contribution in [1.29, 1.82) is 0 Å². The van der Waals surface area contributed by atoms with Gasteiger partial charge in [-0.2, -0.15) is 0 Å². The van der Waals surface area contributed by atoms with Gasteiger partial charge in [0.05, 0.1) is 133 Å². The van der Waals surface area contributed by atoms with Crippen LogP contribution >= 0.6 is 0 Å². The van der Waals surface area contributed by atoms with Crippen molar-refractivity contribution in [3.8, 4) is 0 Å². The van der Waals surface area contributed by atoms with E-state index in [0.29, 0.717) is 155 Å². The molecule has 0 unspecified atom stereocenters. The van der Waals surface area contributed by atoms with Gasteiger partial charge < -0.3 is 94.8 Å². The lowest BCUT2D eigenvalue weighted by molar-refractivity contribution is -0.138. The lowest BCUT2D eigenvalue weighted by atomic mass is 10.0. The number of aliphatic hydroxyl groups is 1. The van der Waals surface area contributed by atoms with E-state index in [0.717, 1.165) is 43.6 Å². The third-order valence-electron chi connectivity index (χ3n) is 11.6. The highest BCUT2D eigenvalue weighted by Crippen LogP contribution is 2.11. The zero-order chi connectivity index (χ0) is 65.3. The number of nitrogens with one attached hydrogen (secondary N) is 7. The minimum atomic E-state index is -0.889. The van der Waals surface area contributed by atoms with E-state index < -0.39 is 41.8 Å². The highest BCUT2D eigenvalue weighted by molar-refractivity contribution is 5.98. The van der Waals surface area contributed by atoms with Crippen LogP contribution in [0, 0.1) is 5.92 Å². The molecule has 0 aliphatic rings. The fourth-order valence-corrected chi connectivity index (χ4v) is 6.78. The number of methoxy groups -OCH3 is 2. The van der Waals surface area contributed by atoms with Gasteiger partial charge in [0.2, 0.25) is 41.4 Å². The van der Waals surface area contributed by atoms with E-state index in [1.54, 1.807) is 45.0 Å². The molecule has 0 fully saturated rings. The van der Waals surface area contributed by atoms with E-state index in [2.05, 4.69) is 46.7 Å². The van der Waals surface area contributed by atoms with E-state index in [1.165, 1.54) is 14.2 Å². The molecule has 0 aliphatic carbocycles. The Morgan fingerprint density at radius 1 is 0.432 bits per heavy atom. The zero-order valence-electron chi connectivity index (χ0n) is 51.8. The van der Waals surface area contributed by atoms with Gasteiger partial charge in [-0.25, -0.2) is 9.59 Å². The van der Waals surface area contributed by atoms with Crippen LogP contribution in [-0.4, -0.2) is 228 Å². The van der Waals surface area contributed by atoms with Crippen LogP contribution in [0.3, 0.4) is 0 Å². The minimum absolute atomic E-state index is 0.0180. The molecule has 1 aromatic rings. The molecule has 0 saturated heterocycles. The molecule has 0 heterocycles. The number of esters is 2. The number of anilines is 1. The van der Waals surface area contributed by atoms with Crippen LogP contribution in [0.4, 0.5) is 5.69 Å². The number of amides is 7. The van der Waals surface area contributed by atoms with Crippen LogP contribution in [-0.2, 0) is 102 Å². The van der Waals surface area contributed by atoms with Crippen molar-refractivity contribution in [1.82, 2.24) is 31.9 Å². The van der Waals surface area contributed by atoms with Gasteiger partial charge in [0.1, 0.15) is 12.1 Å². The minimum Gasteiger partial charge on any atom is -0.481 e. The van der Waals surface area contributed by atoms with E-state index >= 15 is 0 Å². The highest BCUT2D eigenvalue weighted by Gasteiger charge is 2.27. The molecule has 0 aliphatic heterocycles. The topological polar surface area (TPSA) is 388 Å². The Kier molecular flexibility index (Phi) is 52.1. The summed E-state index contributed by atoms with van der Waals surface area (Å²) in [5.74, 6) is -4.39. The van der Waals surface area contributed by atoms with Gasteiger partial charge in [0.25, 0.3) is 0 Å². The number of carbonyl (C=O) groups excluding carboxylic acids is 9. The first-order valence-corrected chi connectivity index (χ1v) is 29.5. The fourth-order valence-electron chi connectivity index (χ4n) is 6.78. The first-order valence-electron chi connectivity index (χ1n) is 29.5. The van der Waals surface area contributed by atoms with Crippen molar-refractivity contribution in [2.24, 2.45) is 5.92 Å². The second-order valence-corrected chi connectivity index (χ2v) is 19.3. The number of carboxylic acids is 1. The van der Waals surface area contributed by atoms with Gasteiger partial charge in [-0.15, -0.1) is 0 Å². The average molecular weight is 1260 g/mol. The maximum atomic E-state index is 12.9. The normalized spacial score (nSPS) is 11.7. The lowest BCUT2D eigenvalue weighted by Crippen LogP contribution is -2.53. The average Bonchev–Trinajstić information content (AvgIpc) is 3.61. The SMILES string of the molecule is COC(=O)/C=C\C(=O)NCCCCCC(=O)NCCOCCOCCOCCOCCC(=O)N[C@H](C(=O)N[C@@H](C)C(=O)Nc1ccc(CO)cc1)C(C)C.COC(=O)/C=C\C(=O)NCCCCCC(=O)NCCOCCOCCOCCOCCC(=O)O. The van der Waals surface area contributed by atoms with Crippen molar-refractivity contribution in [2.45, 2.75) is 104 Å². The largest absolute Gasteiger partial charge is 0.481 e. The Morgan fingerprint density at radius 3 is 1.22 bits per heavy atom. The van der Waals surface area contributed by atoms with E-state index in [-0.39, 0.29) is 74.7 Å². The van der Waals surface area contributed by atoms with Crippen LogP contribution in [0.15, 0.2) is 48.6 Å². The molecule has 7 amide bonds. The summed E-state index contributed by atoms with van der Waals surface area (Å²) in [7, 11) is 2.47. The number of ether oxygens (including phenoxy) is 10. The molecule has 1 rings (SSSR count). The third kappa shape index (κ3) is 51.1. The monoisotopic (exact) mass is 1260 g/mol. The Hall–Kier alpha value is -6.96. The van der Waals surface area contributed by atoms with E-state index in [9.17, 15) is 47.9 Å². The number of aliphatic carboxylic acids is 1. The molecule has 0 aromatic heterocycles. The summed E-state index contributed by atoms with van der Waals surface area (Å²) in [5.41, 5.74) is 1.24. The Balaban J connectivity index is 0.00000191. The summed E-state index contributed by atoms with van der Waals surface area (Å²) in [5, 5.41) is 36.5. The Bertz CT molecular complexity index is 2170. The Morgan fingerprint density at radius 2 is 0.830 bits per heavy atom. The number of rotatable bonds is 53. The van der Waals surface area contributed by atoms with Gasteiger partial charge in [-0.3, -0.25) is 38.4 Å². The summed E-state index contributed by atoms with van der Waals surface area (Å²) in [4.78, 5) is 117. The van der Waals surface area contributed by atoms with Crippen molar-refractivity contribution in [3.63, 3.8) is 0 Å². The quantitative estimate of drug-likeness (QED) is 0.0247. The predicted molar refractivity (Wildman–Crippen MR) is 320 cm³/mol. The number of unbranched alkanes of at least 4 members (excludes halogenated alkanes) is 4. The van der Waals surface area contributed by atoms with E-state index in [1.807, 2.05) is 0 Å². The summed E-state index contributed by atoms with van der Waals surface area (Å²) < 4.78 is 51.7. The Labute approximate surface area is 516 Å². The van der Waals surface area contributed by atoms with Crippen LogP contribution < -0.4 is 37.2 Å². The molecule has 0 saturated carbocycles. The maximum Gasteiger partial charge on any atom is 0.330 e. The summed E-state index contributed by atoms with van der Waals surface area (Å²) in [6.45, 7) is 12.3. The van der Waals surface area contributed by atoms with Gasteiger partial charge in [-0.05, 0) is 56.2 Å². The fraction of sp³-hybridized carbons (Fsp3) is 0.661. The number of hydrogen-bond acceptors (Lipinski definition) is 21. The zero-order valence-corrected chi connectivity index (χ0v) is 51.8. The number of benzene rings is 1. The van der Waals surface area contributed by atoms with Crippen LogP contribution in [0.1, 0.15) is 90.5 Å². The lowest BCUT2D eigenvalue weighted by Gasteiger charge is -2.24. The highest BCUT2D eigenvalue weighted by atomic mass is 16.6. The molecule has 2 atom stereocenters. The first kappa shape index (κ1) is 81.0. The van der Waals surface area contributed by atoms with Crippen LogP contribution in [0.25, 0.3) is 0 Å². The smallest absolute Gasteiger partial charge is 0.330 e. The number of carboxylic acid groups (broad SMARTS) is 1. The van der Waals surface area contributed by atoms with Gasteiger partial charge in [-0.1, -0.05) is 38.8 Å². The predicted octanol–water partition coefficient (Wildman–Crippen LogP) is 0.791. The molecule has 88 heavy (non-hydrogen) atoms. The molecule has 0 radical (unpaired) electrons. The summed E-state index contributed by atoms with van der Waals surface area (Å²) in [6.07, 6.45) is 9.59. The van der Waals surface area contributed by atoms with Crippen molar-refractivity contribution < 1.29 is 106 Å². The van der Waals surface area contributed by atoms with Crippen LogP contribution in [0.2, 0.25) is 0 Å². The van der Waals surface area contributed by atoms with Crippen LogP contribution in [0.5, 0.6) is 0 Å². The molecule has 0 bridgehead atoms. The number of aliphatic hydroxyl groups excluding tert-OH is 1. The van der Waals surface area contributed by atoms with Gasteiger partial charge >= 0.3 is 17.9 Å². The number of hydrogen-bond donors (Lipinski definition) is 9. The molecule has 0 spiro atoms. The van der Waals surface area contributed by atoms with Crippen molar-refractivity contribution in [3.05, 3.63) is 54.1 Å². The standard InChI is InChI=1S/C37H59N5O12.C22H38N2O10/c1-27(2)35(37(49)40-28(3)36(48)41-30-11-9-29(26-43)10-12-30)42-33(46)15-18-51-20-22-53-24-25-54-23-21-52-19-17-39-31(44)8-6-5-7-16-38-32(45)13-14-34(47)50-4;1-30-22(29)7-6-20(26)23-9-4-2-3-5-19(25)24-10-12-32-14-16-34-18-17-33-15-13-31-11-8-21(27)28/h9-14,27-28,35,43H,5-8,15-26H2,1-4H3,(H,38,45)(H,39,44)(H,40,49)(H,41,48)(H,42,46);6-7H,2-5,8-18H2,1H3,(H,23,26)(H,24,25)(H,27,28)/b14-13-;7-6-/t28-,35-;/m0./s1. The first-order chi connectivity index (χ1) is 42.4. The molecule has 9 N–H and O–H groups in total. The van der Waals surface area contributed by atoms with Gasteiger partial charge in [0.15, 0.2) is 0 Å². The van der Waals surface area contributed by atoms with Crippen molar-refractivity contribution in [2.75, 3.05) is 151 Å². The second kappa shape index (κ2) is 56.5.